The summed E-state index contributed by atoms with van der Waals surface area (Å²) in [5, 5.41) is 12.5. The van der Waals surface area contributed by atoms with Crippen molar-refractivity contribution in [3.05, 3.63) is 47.0 Å². The smallest absolute Gasteiger partial charge is 0.309 e. The first-order valence-corrected chi connectivity index (χ1v) is 10.3. The number of H-pyrrole nitrogens is 1. The van der Waals surface area contributed by atoms with Gasteiger partial charge >= 0.3 is 5.97 Å². The number of fused-ring (bicyclic) bond motifs is 6. The Morgan fingerprint density at radius 2 is 2.00 bits per heavy atom. The zero-order chi connectivity index (χ0) is 18.8. The van der Waals surface area contributed by atoms with Gasteiger partial charge in [-0.15, -0.1) is 0 Å². The molecule has 3 atom stereocenters. The lowest BCUT2D eigenvalue weighted by Gasteiger charge is -2.46. The second-order valence-electron chi connectivity index (χ2n) is 8.82. The highest BCUT2D eigenvalue weighted by molar-refractivity contribution is 6.08. The number of aromatic amines is 1. The summed E-state index contributed by atoms with van der Waals surface area (Å²) >= 11 is 0. The predicted molar refractivity (Wildman–Crippen MR) is 109 cm³/mol. The molecule has 0 bridgehead atoms. The number of carboxylic acids is 1. The first-order valence-electron chi connectivity index (χ1n) is 10.3. The molecule has 2 aliphatic carbocycles. The van der Waals surface area contributed by atoms with Gasteiger partial charge in [-0.2, -0.15) is 0 Å². The van der Waals surface area contributed by atoms with E-state index in [0.717, 1.165) is 38.5 Å². The van der Waals surface area contributed by atoms with E-state index in [1.165, 1.54) is 38.5 Å². The third-order valence-electron chi connectivity index (χ3n) is 7.46. The molecular weight excluding hydrogens is 334 g/mol. The number of carbonyl (C=O) groups is 1. The Hall–Kier alpha value is -2.29. The average Bonchev–Trinajstić information content (AvgIpc) is 3.03. The van der Waals surface area contributed by atoms with Crippen LogP contribution in [0.1, 0.15) is 62.1 Å². The standard InChI is InChI=1S/C24H27NO2/c1-3-14-6-9-21-18(11-14)19-13-17-15(12-22(19)25-21)7-8-20-16(17)5-4-10-24(20,2)23(26)27/h6,9,11-13,16,20,25H,3-5,7-8,10H2,1-2H3,(H,26,27)/t16?,20-,24-/m1/s1. The van der Waals surface area contributed by atoms with Crippen molar-refractivity contribution in [2.75, 3.05) is 0 Å². The maximum absolute atomic E-state index is 12.1. The van der Waals surface area contributed by atoms with Gasteiger partial charge in [-0.25, -0.2) is 0 Å². The van der Waals surface area contributed by atoms with Gasteiger partial charge in [-0.05, 0) is 91.8 Å². The van der Waals surface area contributed by atoms with Gasteiger partial charge < -0.3 is 10.1 Å². The highest BCUT2D eigenvalue weighted by Gasteiger charge is 2.49. The number of benzene rings is 2. The molecule has 0 saturated heterocycles. The zero-order valence-electron chi connectivity index (χ0n) is 16.1. The van der Waals surface area contributed by atoms with Crippen molar-refractivity contribution in [2.45, 2.75) is 58.3 Å². The van der Waals surface area contributed by atoms with E-state index < -0.39 is 11.4 Å². The molecule has 2 N–H and O–H groups in total. The fourth-order valence-corrected chi connectivity index (χ4v) is 5.83. The van der Waals surface area contributed by atoms with Gasteiger partial charge in [0.05, 0.1) is 5.41 Å². The van der Waals surface area contributed by atoms with Gasteiger partial charge in [-0.3, -0.25) is 4.79 Å². The number of aryl methyl sites for hydroxylation is 2. The van der Waals surface area contributed by atoms with Crippen LogP contribution in [0, 0.1) is 11.3 Å². The van der Waals surface area contributed by atoms with E-state index in [9.17, 15) is 9.90 Å². The van der Waals surface area contributed by atoms with Crippen molar-refractivity contribution in [2.24, 2.45) is 11.3 Å². The molecule has 0 spiro atoms. The van der Waals surface area contributed by atoms with E-state index in [2.05, 4.69) is 42.2 Å². The second kappa shape index (κ2) is 5.85. The number of nitrogens with one attached hydrogen (secondary N) is 1. The van der Waals surface area contributed by atoms with E-state index in [-0.39, 0.29) is 5.92 Å². The highest BCUT2D eigenvalue weighted by Crippen LogP contribution is 2.54. The van der Waals surface area contributed by atoms with Gasteiger partial charge in [0.25, 0.3) is 0 Å². The van der Waals surface area contributed by atoms with Crippen LogP contribution >= 0.6 is 0 Å². The minimum atomic E-state index is -0.610. The summed E-state index contributed by atoms with van der Waals surface area (Å²) in [6.07, 6.45) is 5.96. The monoisotopic (exact) mass is 361 g/mol. The van der Waals surface area contributed by atoms with Crippen molar-refractivity contribution in [3.8, 4) is 0 Å². The maximum Gasteiger partial charge on any atom is 0.309 e. The van der Waals surface area contributed by atoms with Crippen LogP contribution in [0.3, 0.4) is 0 Å². The molecule has 1 fully saturated rings. The zero-order valence-corrected chi connectivity index (χ0v) is 16.1. The topological polar surface area (TPSA) is 53.1 Å². The van der Waals surface area contributed by atoms with Gasteiger partial charge in [-0.1, -0.05) is 19.4 Å². The third kappa shape index (κ3) is 2.37. The Bertz CT molecular complexity index is 1060. The highest BCUT2D eigenvalue weighted by atomic mass is 16.4. The van der Waals surface area contributed by atoms with Crippen molar-refractivity contribution in [3.63, 3.8) is 0 Å². The predicted octanol–water partition coefficient (Wildman–Crippen LogP) is 5.80. The molecule has 5 rings (SSSR count). The average molecular weight is 361 g/mol. The molecule has 1 aromatic heterocycles. The number of hydrogen-bond acceptors (Lipinski definition) is 1. The number of rotatable bonds is 2. The summed E-state index contributed by atoms with van der Waals surface area (Å²) in [6, 6.07) is 11.4. The SMILES string of the molecule is CCc1ccc2[nH]c3cc4c(cc3c2c1)C1CCC[C@@](C)(C(=O)O)[C@@H]1CC4. The second-order valence-corrected chi connectivity index (χ2v) is 8.82. The summed E-state index contributed by atoms with van der Waals surface area (Å²) in [5.41, 5.74) is 6.02. The quantitative estimate of drug-likeness (QED) is 0.606. The molecule has 27 heavy (non-hydrogen) atoms. The van der Waals surface area contributed by atoms with Crippen LogP contribution in [0.4, 0.5) is 0 Å². The summed E-state index contributed by atoms with van der Waals surface area (Å²) in [5.74, 6) is 0.0267. The number of aliphatic carboxylic acids is 1. The van der Waals surface area contributed by atoms with E-state index in [1.54, 1.807) is 0 Å². The molecule has 2 aliphatic rings. The van der Waals surface area contributed by atoms with Gasteiger partial charge in [0.1, 0.15) is 0 Å². The minimum absolute atomic E-state index is 0.255. The molecule has 0 amide bonds. The lowest BCUT2D eigenvalue weighted by molar-refractivity contribution is -0.154. The van der Waals surface area contributed by atoms with Crippen LogP contribution < -0.4 is 0 Å². The summed E-state index contributed by atoms with van der Waals surface area (Å²) in [7, 11) is 0. The lowest BCUT2D eigenvalue weighted by atomic mass is 9.57. The van der Waals surface area contributed by atoms with Crippen LogP contribution in [-0.4, -0.2) is 16.1 Å². The molecule has 0 radical (unpaired) electrons. The van der Waals surface area contributed by atoms with Crippen molar-refractivity contribution < 1.29 is 9.90 Å². The van der Waals surface area contributed by atoms with Crippen molar-refractivity contribution in [1.82, 2.24) is 4.98 Å². The Labute approximate surface area is 159 Å². The van der Waals surface area contributed by atoms with E-state index in [4.69, 9.17) is 0 Å². The van der Waals surface area contributed by atoms with Crippen LogP contribution in [-0.2, 0) is 17.6 Å². The van der Waals surface area contributed by atoms with Gasteiger partial charge in [0.15, 0.2) is 0 Å². The fourth-order valence-electron chi connectivity index (χ4n) is 5.83. The van der Waals surface area contributed by atoms with Crippen molar-refractivity contribution >= 4 is 27.8 Å². The largest absolute Gasteiger partial charge is 0.481 e. The molecular formula is C24H27NO2. The molecule has 3 heteroatoms. The molecule has 140 valence electrons. The molecule has 1 unspecified atom stereocenters. The third-order valence-corrected chi connectivity index (χ3v) is 7.46. The van der Waals surface area contributed by atoms with Crippen LogP contribution in [0.5, 0.6) is 0 Å². The van der Waals surface area contributed by atoms with Gasteiger partial charge in [0.2, 0.25) is 0 Å². The number of hydrogen-bond donors (Lipinski definition) is 2. The first kappa shape index (κ1) is 16.9. The molecule has 1 heterocycles. The normalized spacial score (nSPS) is 27.5. The lowest BCUT2D eigenvalue weighted by Crippen LogP contribution is -2.44. The Balaban J connectivity index is 1.69. The number of carboxylic acid groups (broad SMARTS) is 1. The Kier molecular flexibility index (Phi) is 3.65. The summed E-state index contributed by atoms with van der Waals surface area (Å²) < 4.78 is 0. The number of aromatic nitrogens is 1. The molecule has 2 aromatic carbocycles. The Morgan fingerprint density at radius 3 is 2.78 bits per heavy atom. The molecule has 0 aliphatic heterocycles. The first-order chi connectivity index (χ1) is 13.0. The van der Waals surface area contributed by atoms with Crippen LogP contribution in [0.25, 0.3) is 21.8 Å². The molecule has 1 saturated carbocycles. The van der Waals surface area contributed by atoms with E-state index in [1.807, 2.05) is 6.92 Å². The van der Waals surface area contributed by atoms with E-state index >= 15 is 0 Å². The maximum atomic E-state index is 12.1. The van der Waals surface area contributed by atoms with E-state index in [0.29, 0.717) is 5.92 Å². The van der Waals surface area contributed by atoms with Gasteiger partial charge in [0, 0.05) is 21.8 Å². The van der Waals surface area contributed by atoms with Crippen LogP contribution in [0.15, 0.2) is 30.3 Å². The molecule has 3 aromatic rings. The molecule has 3 nitrogen and oxygen atoms in total. The summed E-state index contributed by atoms with van der Waals surface area (Å²) in [6.45, 7) is 4.17. The van der Waals surface area contributed by atoms with Crippen molar-refractivity contribution in [1.29, 1.82) is 0 Å². The summed E-state index contributed by atoms with van der Waals surface area (Å²) in [4.78, 5) is 15.6. The Morgan fingerprint density at radius 1 is 1.19 bits per heavy atom. The minimum Gasteiger partial charge on any atom is -0.481 e. The fraction of sp³-hybridized carbons (Fsp3) is 0.458. The van der Waals surface area contributed by atoms with Crippen LogP contribution in [0.2, 0.25) is 0 Å².